The van der Waals surface area contributed by atoms with Crippen molar-refractivity contribution in [2.24, 2.45) is 23.0 Å². The Hall–Kier alpha value is -0.570. The highest BCUT2D eigenvalue weighted by molar-refractivity contribution is 5.79. The van der Waals surface area contributed by atoms with Gasteiger partial charge in [0.2, 0.25) is 5.91 Å². The monoisotopic (exact) mass is 296 g/mol. The highest BCUT2D eigenvalue weighted by Crippen LogP contribution is 2.40. The van der Waals surface area contributed by atoms with E-state index >= 15 is 0 Å². The first-order valence-corrected chi connectivity index (χ1v) is 8.85. The van der Waals surface area contributed by atoms with Gasteiger partial charge in [0.1, 0.15) is 0 Å². The van der Waals surface area contributed by atoms with Gasteiger partial charge >= 0.3 is 0 Å². The molecule has 0 aromatic rings. The Labute approximate surface area is 131 Å². The molecule has 1 rings (SSSR count). The maximum atomic E-state index is 12.9. The fourth-order valence-corrected chi connectivity index (χ4v) is 3.78. The number of carbonyl (C=O) groups excluding carboxylic acids is 1. The van der Waals surface area contributed by atoms with Gasteiger partial charge in [0.05, 0.1) is 0 Å². The highest BCUT2D eigenvalue weighted by Gasteiger charge is 2.34. The summed E-state index contributed by atoms with van der Waals surface area (Å²) >= 11 is 0. The van der Waals surface area contributed by atoms with Gasteiger partial charge in [0, 0.05) is 25.0 Å². The first kappa shape index (κ1) is 18.5. The smallest absolute Gasteiger partial charge is 0.225 e. The molecule has 0 unspecified atom stereocenters. The van der Waals surface area contributed by atoms with Crippen molar-refractivity contribution in [2.45, 2.75) is 79.2 Å². The van der Waals surface area contributed by atoms with Crippen LogP contribution < -0.4 is 5.73 Å². The van der Waals surface area contributed by atoms with Gasteiger partial charge in [-0.1, -0.05) is 34.6 Å². The lowest BCUT2D eigenvalue weighted by atomic mass is 9.69. The average Bonchev–Trinajstić information content (AvgIpc) is 2.46. The Morgan fingerprint density at radius 3 is 2.05 bits per heavy atom. The third-order valence-electron chi connectivity index (χ3n) is 5.34. The van der Waals surface area contributed by atoms with E-state index in [1.54, 1.807) is 0 Å². The molecule has 1 saturated carbocycles. The molecule has 124 valence electrons. The molecule has 0 aliphatic heterocycles. The van der Waals surface area contributed by atoms with E-state index in [2.05, 4.69) is 39.5 Å². The molecular weight excluding hydrogens is 260 g/mol. The summed E-state index contributed by atoms with van der Waals surface area (Å²) in [5, 5.41) is 0. The van der Waals surface area contributed by atoms with Crippen molar-refractivity contribution in [3.05, 3.63) is 0 Å². The normalized spacial score (nSPS) is 23.4. The standard InChI is InChI=1S/C18H36N2O/c1-6-16(7-2)20(13-12-19)17(21)14-8-10-15(11-9-14)18(3,4)5/h14-16H,6-13,19H2,1-5H3. The van der Waals surface area contributed by atoms with E-state index in [0.29, 0.717) is 30.5 Å². The molecule has 0 aromatic carbocycles. The molecule has 3 nitrogen and oxygen atoms in total. The SMILES string of the molecule is CCC(CC)N(CCN)C(=O)C1CCC(C(C)(C)C)CC1. The molecule has 1 aliphatic carbocycles. The summed E-state index contributed by atoms with van der Waals surface area (Å²) in [7, 11) is 0. The van der Waals surface area contributed by atoms with Crippen molar-refractivity contribution < 1.29 is 4.79 Å². The Morgan fingerprint density at radius 1 is 1.14 bits per heavy atom. The van der Waals surface area contributed by atoms with Crippen LogP contribution >= 0.6 is 0 Å². The van der Waals surface area contributed by atoms with Crippen LogP contribution in [-0.2, 0) is 4.79 Å². The maximum absolute atomic E-state index is 12.9. The molecule has 2 N–H and O–H groups in total. The van der Waals surface area contributed by atoms with Crippen molar-refractivity contribution in [3.8, 4) is 0 Å². The summed E-state index contributed by atoms with van der Waals surface area (Å²) in [5.41, 5.74) is 6.10. The van der Waals surface area contributed by atoms with Gasteiger partial charge in [0.15, 0.2) is 0 Å². The van der Waals surface area contributed by atoms with Crippen LogP contribution in [0.15, 0.2) is 0 Å². The number of amides is 1. The second kappa shape index (κ2) is 8.17. The number of nitrogens with zero attached hydrogens (tertiary/aromatic N) is 1. The highest BCUT2D eigenvalue weighted by atomic mass is 16.2. The first-order valence-electron chi connectivity index (χ1n) is 8.85. The van der Waals surface area contributed by atoms with Crippen LogP contribution in [0.1, 0.15) is 73.1 Å². The lowest BCUT2D eigenvalue weighted by Crippen LogP contribution is -2.46. The molecule has 0 spiro atoms. The second-order valence-corrected chi connectivity index (χ2v) is 7.71. The van der Waals surface area contributed by atoms with E-state index < -0.39 is 0 Å². The van der Waals surface area contributed by atoms with Gasteiger partial charge in [-0.2, -0.15) is 0 Å². The first-order chi connectivity index (χ1) is 9.85. The number of rotatable bonds is 6. The Morgan fingerprint density at radius 2 is 1.67 bits per heavy atom. The molecule has 0 aromatic heterocycles. The quantitative estimate of drug-likeness (QED) is 0.810. The van der Waals surface area contributed by atoms with Crippen molar-refractivity contribution >= 4 is 5.91 Å². The minimum Gasteiger partial charge on any atom is -0.338 e. The largest absolute Gasteiger partial charge is 0.338 e. The van der Waals surface area contributed by atoms with Gasteiger partial charge in [-0.15, -0.1) is 0 Å². The zero-order valence-corrected chi connectivity index (χ0v) is 14.8. The van der Waals surface area contributed by atoms with Gasteiger partial charge in [0.25, 0.3) is 0 Å². The summed E-state index contributed by atoms with van der Waals surface area (Å²) < 4.78 is 0. The van der Waals surface area contributed by atoms with E-state index in [1.165, 1.54) is 12.8 Å². The topological polar surface area (TPSA) is 46.3 Å². The zero-order valence-electron chi connectivity index (χ0n) is 14.8. The van der Waals surface area contributed by atoms with Crippen LogP contribution in [0.25, 0.3) is 0 Å². The summed E-state index contributed by atoms with van der Waals surface area (Å²) in [6, 6.07) is 0.362. The molecule has 21 heavy (non-hydrogen) atoms. The predicted octanol–water partition coefficient (Wildman–Crippen LogP) is 3.81. The van der Waals surface area contributed by atoms with Gasteiger partial charge in [-0.05, 0) is 49.9 Å². The van der Waals surface area contributed by atoms with Crippen molar-refractivity contribution in [1.29, 1.82) is 0 Å². The molecule has 3 heteroatoms. The van der Waals surface area contributed by atoms with Crippen LogP contribution in [0.4, 0.5) is 0 Å². The van der Waals surface area contributed by atoms with Crippen LogP contribution in [0.5, 0.6) is 0 Å². The van der Waals surface area contributed by atoms with Crippen LogP contribution in [0, 0.1) is 17.3 Å². The minimum atomic E-state index is 0.232. The molecule has 0 saturated heterocycles. The van der Waals surface area contributed by atoms with E-state index in [0.717, 1.165) is 31.6 Å². The van der Waals surface area contributed by atoms with Crippen molar-refractivity contribution in [3.63, 3.8) is 0 Å². The van der Waals surface area contributed by atoms with E-state index in [9.17, 15) is 4.79 Å². The van der Waals surface area contributed by atoms with Gasteiger partial charge < -0.3 is 10.6 Å². The average molecular weight is 296 g/mol. The third-order valence-corrected chi connectivity index (χ3v) is 5.34. The number of carbonyl (C=O) groups is 1. The minimum absolute atomic E-state index is 0.232. The Balaban J connectivity index is 2.65. The van der Waals surface area contributed by atoms with Crippen LogP contribution in [0.2, 0.25) is 0 Å². The van der Waals surface area contributed by atoms with E-state index in [-0.39, 0.29) is 5.92 Å². The number of hydrogen-bond donors (Lipinski definition) is 1. The van der Waals surface area contributed by atoms with Crippen molar-refractivity contribution in [1.82, 2.24) is 4.90 Å². The third kappa shape index (κ3) is 4.98. The predicted molar refractivity (Wildman–Crippen MR) is 90.0 cm³/mol. The molecular formula is C18H36N2O. The number of hydrogen-bond acceptors (Lipinski definition) is 2. The molecule has 0 atom stereocenters. The summed E-state index contributed by atoms with van der Waals surface area (Å²) in [6.07, 6.45) is 6.56. The van der Waals surface area contributed by atoms with Gasteiger partial charge in [-0.25, -0.2) is 0 Å². The molecule has 1 fully saturated rings. The van der Waals surface area contributed by atoms with Crippen LogP contribution in [0.3, 0.4) is 0 Å². The molecule has 0 heterocycles. The van der Waals surface area contributed by atoms with E-state index in [1.807, 2.05) is 0 Å². The summed E-state index contributed by atoms with van der Waals surface area (Å²) in [5.74, 6) is 1.36. The van der Waals surface area contributed by atoms with Gasteiger partial charge in [-0.3, -0.25) is 4.79 Å². The fraction of sp³-hybridized carbons (Fsp3) is 0.944. The van der Waals surface area contributed by atoms with Crippen LogP contribution in [-0.4, -0.2) is 29.9 Å². The summed E-state index contributed by atoms with van der Waals surface area (Å²) in [4.78, 5) is 14.9. The Bertz CT molecular complexity index is 310. The van der Waals surface area contributed by atoms with E-state index in [4.69, 9.17) is 5.73 Å². The lowest BCUT2D eigenvalue weighted by Gasteiger charge is -2.39. The van der Waals surface area contributed by atoms with Crippen molar-refractivity contribution in [2.75, 3.05) is 13.1 Å². The lowest BCUT2D eigenvalue weighted by molar-refractivity contribution is -0.139. The molecule has 1 amide bonds. The zero-order chi connectivity index (χ0) is 16.0. The second-order valence-electron chi connectivity index (χ2n) is 7.71. The molecule has 0 radical (unpaired) electrons. The molecule has 1 aliphatic rings. The molecule has 0 bridgehead atoms. The fourth-order valence-electron chi connectivity index (χ4n) is 3.78. The Kier molecular flexibility index (Phi) is 7.19. The number of nitrogens with two attached hydrogens (primary N) is 1. The maximum Gasteiger partial charge on any atom is 0.225 e. The summed E-state index contributed by atoms with van der Waals surface area (Å²) in [6.45, 7) is 12.6.